The Morgan fingerprint density at radius 3 is 2.43 bits per heavy atom. The molecule has 0 fully saturated rings. The molecule has 0 spiro atoms. The van der Waals surface area contributed by atoms with Crippen LogP contribution in [-0.4, -0.2) is 22.4 Å². The third kappa shape index (κ3) is 2.22. The number of rotatable bonds is 4. The minimum atomic E-state index is -1.15. The predicted molar refractivity (Wildman–Crippen MR) is 57.1 cm³/mol. The average Bonchev–Trinajstić information content (AvgIpc) is 2.20. The summed E-state index contributed by atoms with van der Waals surface area (Å²) in [6, 6.07) is 9.54. The molecule has 0 bridgehead atoms. The number of benzene rings is 1. The molecular formula is C12H16O2. The van der Waals surface area contributed by atoms with Crippen LogP contribution in [0.5, 0.6) is 0 Å². The van der Waals surface area contributed by atoms with Crippen molar-refractivity contribution in [1.29, 1.82) is 0 Å². The molecule has 2 heteroatoms. The Morgan fingerprint density at radius 1 is 1.43 bits per heavy atom. The van der Waals surface area contributed by atoms with Crippen molar-refractivity contribution in [2.24, 2.45) is 0 Å². The van der Waals surface area contributed by atoms with E-state index in [2.05, 4.69) is 6.58 Å². The van der Waals surface area contributed by atoms with Gasteiger partial charge in [-0.2, -0.15) is 0 Å². The van der Waals surface area contributed by atoms with E-state index < -0.39 is 5.60 Å². The lowest BCUT2D eigenvalue weighted by Crippen LogP contribution is -2.35. The molecule has 76 valence electrons. The number of hydrogen-bond acceptors (Lipinski definition) is 2. The largest absolute Gasteiger partial charge is 0.393 e. The van der Waals surface area contributed by atoms with Crippen LogP contribution in [0.2, 0.25) is 0 Å². The van der Waals surface area contributed by atoms with Crippen LogP contribution in [0.1, 0.15) is 18.4 Å². The smallest absolute Gasteiger partial charge is 0.0951 e. The molecule has 0 aliphatic rings. The van der Waals surface area contributed by atoms with Crippen molar-refractivity contribution in [2.45, 2.75) is 18.4 Å². The van der Waals surface area contributed by atoms with Gasteiger partial charge in [-0.05, 0) is 12.5 Å². The van der Waals surface area contributed by atoms with Crippen molar-refractivity contribution in [3.63, 3.8) is 0 Å². The zero-order valence-corrected chi connectivity index (χ0v) is 8.35. The second-order valence-corrected chi connectivity index (χ2v) is 3.64. The van der Waals surface area contributed by atoms with Crippen molar-refractivity contribution < 1.29 is 10.2 Å². The molecule has 0 radical (unpaired) electrons. The lowest BCUT2D eigenvalue weighted by Gasteiger charge is -2.29. The Hall–Kier alpha value is -1.12. The number of aliphatic hydroxyl groups excluding tert-OH is 1. The molecule has 1 rings (SSSR count). The summed E-state index contributed by atoms with van der Waals surface area (Å²) in [6.45, 7) is 5.00. The molecule has 0 heterocycles. The summed E-state index contributed by atoms with van der Waals surface area (Å²) < 4.78 is 0. The van der Waals surface area contributed by atoms with Crippen molar-refractivity contribution in [1.82, 2.24) is 0 Å². The fraction of sp³-hybridized carbons (Fsp3) is 0.333. The van der Waals surface area contributed by atoms with Gasteiger partial charge >= 0.3 is 0 Å². The average molecular weight is 192 g/mol. The van der Waals surface area contributed by atoms with Gasteiger partial charge in [0, 0.05) is 5.92 Å². The van der Waals surface area contributed by atoms with Crippen LogP contribution in [-0.2, 0) is 0 Å². The van der Waals surface area contributed by atoms with E-state index in [0.717, 1.165) is 5.56 Å². The van der Waals surface area contributed by atoms with Gasteiger partial charge in [-0.25, -0.2) is 0 Å². The molecule has 0 aliphatic heterocycles. The third-order valence-corrected chi connectivity index (χ3v) is 2.38. The lowest BCUT2D eigenvalue weighted by atomic mass is 9.84. The molecule has 2 atom stereocenters. The summed E-state index contributed by atoms with van der Waals surface area (Å²) >= 11 is 0. The number of hydrogen-bond donors (Lipinski definition) is 2. The molecule has 1 aromatic carbocycles. The fourth-order valence-corrected chi connectivity index (χ4v) is 1.51. The van der Waals surface area contributed by atoms with Crippen LogP contribution in [0.4, 0.5) is 0 Å². The van der Waals surface area contributed by atoms with E-state index in [1.165, 1.54) is 0 Å². The zero-order chi connectivity index (χ0) is 10.6. The Kier molecular flexibility index (Phi) is 3.44. The lowest BCUT2D eigenvalue weighted by molar-refractivity contribution is -0.00978. The van der Waals surface area contributed by atoms with E-state index in [1.54, 1.807) is 13.0 Å². The Labute approximate surface area is 84.5 Å². The van der Waals surface area contributed by atoms with Crippen LogP contribution in [0.25, 0.3) is 0 Å². The van der Waals surface area contributed by atoms with Crippen LogP contribution in [0.15, 0.2) is 43.0 Å². The molecule has 0 saturated heterocycles. The van der Waals surface area contributed by atoms with Gasteiger partial charge in [0.15, 0.2) is 0 Å². The zero-order valence-electron chi connectivity index (χ0n) is 8.35. The molecule has 0 aliphatic carbocycles. The van der Waals surface area contributed by atoms with E-state index in [4.69, 9.17) is 5.11 Å². The highest BCUT2D eigenvalue weighted by atomic mass is 16.3. The van der Waals surface area contributed by atoms with Crippen molar-refractivity contribution in [3.8, 4) is 0 Å². The summed E-state index contributed by atoms with van der Waals surface area (Å²) in [4.78, 5) is 0. The van der Waals surface area contributed by atoms with Gasteiger partial charge in [-0.15, -0.1) is 6.58 Å². The maximum absolute atomic E-state index is 9.92. The highest BCUT2D eigenvalue weighted by Crippen LogP contribution is 2.28. The minimum absolute atomic E-state index is 0.242. The predicted octanol–water partition coefficient (Wildman–Crippen LogP) is 1.70. The van der Waals surface area contributed by atoms with Gasteiger partial charge in [0.1, 0.15) is 0 Å². The minimum Gasteiger partial charge on any atom is -0.393 e. The first-order valence-corrected chi connectivity index (χ1v) is 4.62. The van der Waals surface area contributed by atoms with Gasteiger partial charge in [0.2, 0.25) is 0 Å². The standard InChI is InChI=1S/C12H16O2/c1-3-11(12(2,14)9-13)10-7-5-4-6-8-10/h3-8,11,13-14H,1,9H2,2H3/t11-,12-/m1/s1. The topological polar surface area (TPSA) is 40.5 Å². The number of aliphatic hydroxyl groups is 2. The first-order chi connectivity index (χ1) is 6.61. The van der Waals surface area contributed by atoms with Crippen molar-refractivity contribution >= 4 is 0 Å². The Morgan fingerprint density at radius 2 is 2.00 bits per heavy atom. The van der Waals surface area contributed by atoms with Gasteiger partial charge in [0.25, 0.3) is 0 Å². The first-order valence-electron chi connectivity index (χ1n) is 4.62. The summed E-state index contributed by atoms with van der Waals surface area (Å²) in [6.07, 6.45) is 1.66. The fourth-order valence-electron chi connectivity index (χ4n) is 1.51. The van der Waals surface area contributed by atoms with Crippen molar-refractivity contribution in [3.05, 3.63) is 48.6 Å². The van der Waals surface area contributed by atoms with Crippen LogP contribution >= 0.6 is 0 Å². The Balaban J connectivity index is 2.99. The maximum Gasteiger partial charge on any atom is 0.0951 e. The molecule has 2 nitrogen and oxygen atoms in total. The SMILES string of the molecule is C=C[C@H](c1ccccc1)[C@](C)(O)CO. The molecule has 0 amide bonds. The highest BCUT2D eigenvalue weighted by Gasteiger charge is 2.29. The van der Waals surface area contributed by atoms with Gasteiger partial charge in [-0.3, -0.25) is 0 Å². The molecule has 2 N–H and O–H groups in total. The summed E-state index contributed by atoms with van der Waals surface area (Å²) in [5.41, 5.74) is -0.190. The van der Waals surface area contributed by atoms with E-state index in [-0.39, 0.29) is 12.5 Å². The summed E-state index contributed by atoms with van der Waals surface area (Å²) in [7, 11) is 0. The van der Waals surface area contributed by atoms with Gasteiger partial charge in [0.05, 0.1) is 12.2 Å². The van der Waals surface area contributed by atoms with E-state index in [1.807, 2.05) is 30.3 Å². The summed E-state index contributed by atoms with van der Waals surface area (Å²) in [5.74, 6) is -0.242. The molecule has 14 heavy (non-hydrogen) atoms. The summed E-state index contributed by atoms with van der Waals surface area (Å²) in [5, 5.41) is 19.0. The second-order valence-electron chi connectivity index (χ2n) is 3.64. The first kappa shape index (κ1) is 11.0. The third-order valence-electron chi connectivity index (χ3n) is 2.38. The normalized spacial score (nSPS) is 17.1. The van der Waals surface area contributed by atoms with Gasteiger partial charge < -0.3 is 10.2 Å². The van der Waals surface area contributed by atoms with E-state index in [9.17, 15) is 5.11 Å². The quantitative estimate of drug-likeness (QED) is 0.713. The maximum atomic E-state index is 9.92. The molecular weight excluding hydrogens is 176 g/mol. The van der Waals surface area contributed by atoms with Crippen LogP contribution < -0.4 is 0 Å². The van der Waals surface area contributed by atoms with E-state index >= 15 is 0 Å². The second kappa shape index (κ2) is 4.40. The molecule has 0 saturated carbocycles. The van der Waals surface area contributed by atoms with Gasteiger partial charge in [-0.1, -0.05) is 36.4 Å². The monoisotopic (exact) mass is 192 g/mol. The van der Waals surface area contributed by atoms with Crippen LogP contribution in [0.3, 0.4) is 0 Å². The molecule has 0 aromatic heterocycles. The van der Waals surface area contributed by atoms with E-state index in [0.29, 0.717) is 0 Å². The Bertz CT molecular complexity index is 290. The molecule has 0 unspecified atom stereocenters. The van der Waals surface area contributed by atoms with Crippen molar-refractivity contribution in [2.75, 3.05) is 6.61 Å². The van der Waals surface area contributed by atoms with Crippen LogP contribution in [0, 0.1) is 0 Å². The molecule has 1 aromatic rings. The highest BCUT2D eigenvalue weighted by molar-refractivity contribution is 5.26.